The lowest BCUT2D eigenvalue weighted by Crippen LogP contribution is -2.33. The van der Waals surface area contributed by atoms with Gasteiger partial charge < -0.3 is 34.7 Å². The predicted molar refractivity (Wildman–Crippen MR) is 138 cm³/mol. The van der Waals surface area contributed by atoms with E-state index in [2.05, 4.69) is 10.6 Å². The summed E-state index contributed by atoms with van der Waals surface area (Å²) in [6.45, 7) is 4.91. The minimum absolute atomic E-state index is 0.112. The number of benzene rings is 2. The summed E-state index contributed by atoms with van der Waals surface area (Å²) in [5, 5.41) is 13.9. The lowest BCUT2D eigenvalue weighted by molar-refractivity contribution is -0.142. The Hall–Kier alpha value is -4.61. The van der Waals surface area contributed by atoms with Gasteiger partial charge in [-0.05, 0) is 55.7 Å². The fourth-order valence-corrected chi connectivity index (χ4v) is 3.59. The molecule has 0 aliphatic heterocycles. The molecule has 12 nitrogen and oxygen atoms in total. The number of aliphatic carboxylic acids is 1. The zero-order valence-corrected chi connectivity index (χ0v) is 22.0. The van der Waals surface area contributed by atoms with Crippen molar-refractivity contribution in [1.82, 2.24) is 10.6 Å². The van der Waals surface area contributed by atoms with E-state index in [9.17, 15) is 29.1 Å². The number of hydrogen-bond acceptors (Lipinski definition) is 9. The van der Waals surface area contributed by atoms with Crippen LogP contribution in [0, 0.1) is 0 Å². The van der Waals surface area contributed by atoms with E-state index in [0.717, 1.165) is 11.1 Å². The molecule has 0 aromatic heterocycles. The SMILES string of the molecule is CCOC(=O)CNC(=O)Oc1ccc(C(C)(CCC(=O)O)c2ccc(OC(=O)NCC(=O)OCC)cc2)cc1. The lowest BCUT2D eigenvalue weighted by atomic mass is 9.73. The van der Waals surface area contributed by atoms with E-state index in [1.165, 1.54) is 0 Å². The first-order valence-electron chi connectivity index (χ1n) is 12.2. The minimum Gasteiger partial charge on any atom is -0.481 e. The minimum atomic E-state index is -0.960. The van der Waals surface area contributed by atoms with Crippen LogP contribution in [-0.4, -0.2) is 61.5 Å². The van der Waals surface area contributed by atoms with Crippen molar-refractivity contribution < 1.29 is 48.0 Å². The molecule has 0 bridgehead atoms. The van der Waals surface area contributed by atoms with Crippen LogP contribution in [0.1, 0.15) is 44.7 Å². The number of hydrogen-bond donors (Lipinski definition) is 3. The van der Waals surface area contributed by atoms with Crippen LogP contribution in [0.2, 0.25) is 0 Å². The first-order valence-corrected chi connectivity index (χ1v) is 12.2. The molecule has 0 aliphatic rings. The third kappa shape index (κ3) is 9.99. The summed E-state index contributed by atoms with van der Waals surface area (Å²) in [6.07, 6.45) is -1.51. The Morgan fingerprint density at radius 2 is 1.10 bits per heavy atom. The largest absolute Gasteiger partial charge is 0.481 e. The molecular weight excluding hydrogens is 512 g/mol. The van der Waals surface area contributed by atoms with Gasteiger partial charge in [-0.25, -0.2) is 9.59 Å². The number of esters is 2. The Kier molecular flexibility index (Phi) is 11.7. The summed E-state index contributed by atoms with van der Waals surface area (Å²) < 4.78 is 19.8. The second kappa shape index (κ2) is 15.0. The molecule has 3 N–H and O–H groups in total. The van der Waals surface area contributed by atoms with Crippen molar-refractivity contribution in [3.05, 3.63) is 59.7 Å². The van der Waals surface area contributed by atoms with Gasteiger partial charge in [0.25, 0.3) is 0 Å². The number of carbonyl (C=O) groups is 5. The molecule has 0 radical (unpaired) electrons. The highest BCUT2D eigenvalue weighted by molar-refractivity contribution is 5.79. The predicted octanol–water partition coefficient (Wildman–Crippen LogP) is 3.16. The second-order valence-electron chi connectivity index (χ2n) is 8.37. The Bertz CT molecular complexity index is 1070. The van der Waals surface area contributed by atoms with Crippen LogP contribution in [0.25, 0.3) is 0 Å². The van der Waals surface area contributed by atoms with Crippen LogP contribution in [-0.2, 0) is 29.3 Å². The molecule has 210 valence electrons. The third-order valence-electron chi connectivity index (χ3n) is 5.61. The topological polar surface area (TPSA) is 167 Å². The molecule has 39 heavy (non-hydrogen) atoms. The van der Waals surface area contributed by atoms with Gasteiger partial charge in [-0.3, -0.25) is 14.4 Å². The molecule has 0 spiro atoms. The van der Waals surface area contributed by atoms with Crippen LogP contribution in [0.5, 0.6) is 11.5 Å². The van der Waals surface area contributed by atoms with Gasteiger partial charge in [-0.1, -0.05) is 31.2 Å². The average Bonchev–Trinajstić information content (AvgIpc) is 2.90. The molecule has 2 rings (SSSR count). The van der Waals surface area contributed by atoms with E-state index in [1.54, 1.807) is 62.4 Å². The smallest absolute Gasteiger partial charge is 0.413 e. The van der Waals surface area contributed by atoms with Crippen LogP contribution < -0.4 is 20.1 Å². The summed E-state index contributed by atoms with van der Waals surface area (Å²) in [7, 11) is 0. The number of carboxylic acids is 1. The zero-order chi connectivity index (χ0) is 28.8. The molecule has 2 aromatic carbocycles. The summed E-state index contributed by atoms with van der Waals surface area (Å²) in [5.41, 5.74) is 0.751. The van der Waals surface area contributed by atoms with Gasteiger partial charge in [0.1, 0.15) is 24.6 Å². The van der Waals surface area contributed by atoms with Gasteiger partial charge >= 0.3 is 30.1 Å². The Morgan fingerprint density at radius 3 is 1.44 bits per heavy atom. The van der Waals surface area contributed by atoms with E-state index in [4.69, 9.17) is 18.9 Å². The maximum atomic E-state index is 11.9. The van der Waals surface area contributed by atoms with Gasteiger partial charge in [-0.15, -0.1) is 0 Å². The highest BCUT2D eigenvalue weighted by atomic mass is 16.6. The van der Waals surface area contributed by atoms with Crippen molar-refractivity contribution in [2.24, 2.45) is 0 Å². The summed E-state index contributed by atoms with van der Waals surface area (Å²) in [5.74, 6) is -1.70. The van der Waals surface area contributed by atoms with Crippen molar-refractivity contribution in [2.75, 3.05) is 26.3 Å². The fraction of sp³-hybridized carbons (Fsp3) is 0.370. The first-order chi connectivity index (χ1) is 18.6. The van der Waals surface area contributed by atoms with Gasteiger partial charge in [0.05, 0.1) is 13.2 Å². The molecule has 0 fully saturated rings. The fourth-order valence-electron chi connectivity index (χ4n) is 3.59. The molecule has 0 aliphatic carbocycles. The van der Waals surface area contributed by atoms with Gasteiger partial charge in [0, 0.05) is 11.8 Å². The number of carbonyl (C=O) groups excluding carboxylic acids is 4. The molecule has 0 saturated carbocycles. The maximum absolute atomic E-state index is 11.9. The molecule has 12 heteroatoms. The molecule has 0 atom stereocenters. The van der Waals surface area contributed by atoms with Crippen LogP contribution >= 0.6 is 0 Å². The van der Waals surface area contributed by atoms with Gasteiger partial charge in [0.2, 0.25) is 0 Å². The highest BCUT2D eigenvalue weighted by Gasteiger charge is 2.30. The van der Waals surface area contributed by atoms with E-state index >= 15 is 0 Å². The van der Waals surface area contributed by atoms with Crippen molar-refractivity contribution in [1.29, 1.82) is 0 Å². The Morgan fingerprint density at radius 1 is 0.718 bits per heavy atom. The molecular formula is C27H32N2O10. The molecule has 2 amide bonds. The van der Waals surface area contributed by atoms with E-state index < -0.39 is 35.5 Å². The van der Waals surface area contributed by atoms with E-state index in [-0.39, 0.29) is 50.6 Å². The maximum Gasteiger partial charge on any atom is 0.413 e. The summed E-state index contributed by atoms with van der Waals surface area (Å²) in [6, 6.07) is 13.1. The van der Waals surface area contributed by atoms with Gasteiger partial charge in [-0.2, -0.15) is 0 Å². The van der Waals surface area contributed by atoms with Crippen LogP contribution in [0.3, 0.4) is 0 Å². The summed E-state index contributed by atoms with van der Waals surface area (Å²) >= 11 is 0. The van der Waals surface area contributed by atoms with E-state index in [0.29, 0.717) is 0 Å². The lowest BCUT2D eigenvalue weighted by Gasteiger charge is -2.31. The quantitative estimate of drug-likeness (QED) is 0.319. The Balaban J connectivity index is 2.12. The standard InChI is InChI=1S/C27H32N2O10/c1-4-36-23(32)16-28-25(34)38-20-10-6-18(7-11-20)27(3,15-14-22(30)31)19-8-12-21(13-9-19)39-26(35)29-17-24(33)37-5-2/h6-13H,4-5,14-17H2,1-3H3,(H,28,34)(H,29,35)(H,30,31). The van der Waals surface area contributed by atoms with Crippen molar-refractivity contribution in [3.63, 3.8) is 0 Å². The second-order valence-corrected chi connectivity index (χ2v) is 8.37. The first kappa shape index (κ1) is 30.6. The normalized spacial score (nSPS) is 10.6. The van der Waals surface area contributed by atoms with Crippen molar-refractivity contribution in [2.45, 2.75) is 39.0 Å². The highest BCUT2D eigenvalue weighted by Crippen LogP contribution is 2.38. The number of nitrogens with one attached hydrogen (secondary N) is 2. The molecule has 0 heterocycles. The molecule has 0 unspecified atom stereocenters. The van der Waals surface area contributed by atoms with Crippen LogP contribution in [0.15, 0.2) is 48.5 Å². The van der Waals surface area contributed by atoms with Crippen molar-refractivity contribution in [3.8, 4) is 11.5 Å². The van der Waals surface area contributed by atoms with Gasteiger partial charge in [0.15, 0.2) is 0 Å². The number of rotatable bonds is 13. The average molecular weight is 545 g/mol. The zero-order valence-electron chi connectivity index (χ0n) is 22.0. The monoisotopic (exact) mass is 544 g/mol. The molecule has 0 saturated heterocycles. The third-order valence-corrected chi connectivity index (χ3v) is 5.61. The van der Waals surface area contributed by atoms with Crippen molar-refractivity contribution >= 4 is 30.1 Å². The summed E-state index contributed by atoms with van der Waals surface area (Å²) in [4.78, 5) is 58.0. The number of carboxylic acid groups (broad SMARTS) is 1. The van der Waals surface area contributed by atoms with E-state index in [1.807, 2.05) is 6.92 Å². The Labute approximate surface area is 225 Å². The number of ether oxygens (including phenoxy) is 4. The van der Waals surface area contributed by atoms with Crippen LogP contribution in [0.4, 0.5) is 9.59 Å². The number of amides is 2. The molecule has 2 aromatic rings.